The van der Waals surface area contributed by atoms with Crippen LogP contribution in [0.25, 0.3) is 0 Å². The van der Waals surface area contributed by atoms with Crippen LogP contribution in [0.5, 0.6) is 0 Å². The van der Waals surface area contributed by atoms with Gasteiger partial charge in [0.1, 0.15) is 0 Å². The summed E-state index contributed by atoms with van der Waals surface area (Å²) in [6.45, 7) is 15.5. The lowest BCUT2D eigenvalue weighted by Crippen LogP contribution is -2.41. The van der Waals surface area contributed by atoms with Crippen molar-refractivity contribution in [3.63, 3.8) is 0 Å². The number of nitrogens with zero attached hydrogens (tertiary/aromatic N) is 1. The highest BCUT2D eigenvalue weighted by atomic mass is 16.3. The second-order valence-corrected chi connectivity index (χ2v) is 5.47. The Morgan fingerprint density at radius 3 is 1.88 bits per heavy atom. The minimum atomic E-state index is -0.252. The standard InChI is InChI=1S/C13H30N2O/c1-6-14-7-13(16)10-15(8-11(2)3)9-12(4)5/h11-14,16H,6-10H2,1-5H3. The zero-order valence-electron chi connectivity index (χ0n) is 11.7. The summed E-state index contributed by atoms with van der Waals surface area (Å²) >= 11 is 0. The predicted octanol–water partition coefficient (Wildman–Crippen LogP) is 1.57. The molecule has 0 bridgehead atoms. The number of aliphatic hydroxyl groups is 1. The molecule has 98 valence electrons. The van der Waals surface area contributed by atoms with Crippen LogP contribution >= 0.6 is 0 Å². The van der Waals surface area contributed by atoms with Gasteiger partial charge in [-0.3, -0.25) is 0 Å². The first-order chi connectivity index (χ1) is 7.45. The quantitative estimate of drug-likeness (QED) is 0.631. The second-order valence-electron chi connectivity index (χ2n) is 5.47. The Balaban J connectivity index is 3.98. The van der Waals surface area contributed by atoms with Crippen molar-refractivity contribution >= 4 is 0 Å². The normalized spacial score (nSPS) is 14.1. The van der Waals surface area contributed by atoms with Crippen LogP contribution in [0, 0.1) is 11.8 Å². The van der Waals surface area contributed by atoms with Gasteiger partial charge in [0.15, 0.2) is 0 Å². The summed E-state index contributed by atoms with van der Waals surface area (Å²) in [5.41, 5.74) is 0. The van der Waals surface area contributed by atoms with Gasteiger partial charge in [0.05, 0.1) is 6.10 Å². The van der Waals surface area contributed by atoms with Crippen molar-refractivity contribution < 1.29 is 5.11 Å². The molecule has 0 spiro atoms. The van der Waals surface area contributed by atoms with E-state index >= 15 is 0 Å². The second kappa shape index (κ2) is 8.97. The molecule has 0 aliphatic rings. The van der Waals surface area contributed by atoms with Gasteiger partial charge in [0.2, 0.25) is 0 Å². The third kappa shape index (κ3) is 9.13. The fraction of sp³-hybridized carbons (Fsp3) is 1.00. The highest BCUT2D eigenvalue weighted by Crippen LogP contribution is 2.04. The van der Waals surface area contributed by atoms with Crippen molar-refractivity contribution in [2.24, 2.45) is 11.8 Å². The van der Waals surface area contributed by atoms with Crippen LogP contribution in [0.15, 0.2) is 0 Å². The first kappa shape index (κ1) is 15.9. The number of nitrogens with one attached hydrogen (secondary N) is 1. The van der Waals surface area contributed by atoms with Crippen LogP contribution in [-0.4, -0.2) is 48.8 Å². The molecule has 2 N–H and O–H groups in total. The smallest absolute Gasteiger partial charge is 0.0791 e. The van der Waals surface area contributed by atoms with Gasteiger partial charge in [-0.2, -0.15) is 0 Å². The maximum atomic E-state index is 9.87. The van der Waals surface area contributed by atoms with Gasteiger partial charge in [0.25, 0.3) is 0 Å². The lowest BCUT2D eigenvalue weighted by molar-refractivity contribution is 0.0980. The summed E-state index contributed by atoms with van der Waals surface area (Å²) in [5, 5.41) is 13.1. The van der Waals surface area contributed by atoms with Crippen molar-refractivity contribution in [1.29, 1.82) is 0 Å². The molecule has 0 rings (SSSR count). The monoisotopic (exact) mass is 230 g/mol. The lowest BCUT2D eigenvalue weighted by Gasteiger charge is -2.28. The van der Waals surface area contributed by atoms with Crippen LogP contribution in [-0.2, 0) is 0 Å². The highest BCUT2D eigenvalue weighted by molar-refractivity contribution is 4.69. The minimum Gasteiger partial charge on any atom is -0.390 e. The van der Waals surface area contributed by atoms with E-state index in [4.69, 9.17) is 0 Å². The van der Waals surface area contributed by atoms with E-state index in [9.17, 15) is 5.11 Å². The van der Waals surface area contributed by atoms with Gasteiger partial charge in [-0.1, -0.05) is 34.6 Å². The van der Waals surface area contributed by atoms with E-state index < -0.39 is 0 Å². The molecule has 0 amide bonds. The van der Waals surface area contributed by atoms with E-state index in [1.165, 1.54) is 0 Å². The fourth-order valence-electron chi connectivity index (χ4n) is 1.93. The van der Waals surface area contributed by atoms with Gasteiger partial charge in [-0.25, -0.2) is 0 Å². The van der Waals surface area contributed by atoms with Gasteiger partial charge in [0, 0.05) is 26.2 Å². The van der Waals surface area contributed by atoms with Gasteiger partial charge in [-0.15, -0.1) is 0 Å². The zero-order valence-corrected chi connectivity index (χ0v) is 11.7. The van der Waals surface area contributed by atoms with Crippen molar-refractivity contribution in [2.75, 3.05) is 32.7 Å². The summed E-state index contributed by atoms with van der Waals surface area (Å²) in [6.07, 6.45) is -0.252. The van der Waals surface area contributed by atoms with E-state index in [1.807, 2.05) is 0 Å². The number of rotatable bonds is 9. The largest absolute Gasteiger partial charge is 0.390 e. The number of aliphatic hydroxyl groups excluding tert-OH is 1. The first-order valence-electron chi connectivity index (χ1n) is 6.56. The molecule has 0 radical (unpaired) electrons. The third-order valence-corrected chi connectivity index (χ3v) is 2.35. The Labute approximate surface area is 101 Å². The molecule has 1 atom stereocenters. The molecular formula is C13H30N2O. The summed E-state index contributed by atoms with van der Waals surface area (Å²) < 4.78 is 0. The topological polar surface area (TPSA) is 35.5 Å². The Morgan fingerprint density at radius 1 is 1.00 bits per heavy atom. The van der Waals surface area contributed by atoms with E-state index in [0.29, 0.717) is 18.4 Å². The molecule has 1 unspecified atom stereocenters. The van der Waals surface area contributed by atoms with Crippen molar-refractivity contribution in [3.8, 4) is 0 Å². The fourth-order valence-corrected chi connectivity index (χ4v) is 1.93. The molecule has 0 aliphatic heterocycles. The van der Waals surface area contributed by atoms with Crippen LogP contribution in [0.1, 0.15) is 34.6 Å². The molecule has 0 saturated carbocycles. The number of likely N-dealkylation sites (N-methyl/N-ethyl adjacent to an activating group) is 1. The Morgan fingerprint density at radius 2 is 1.50 bits per heavy atom. The van der Waals surface area contributed by atoms with Gasteiger partial charge >= 0.3 is 0 Å². The van der Waals surface area contributed by atoms with Crippen LogP contribution in [0.3, 0.4) is 0 Å². The van der Waals surface area contributed by atoms with Crippen LogP contribution in [0.2, 0.25) is 0 Å². The average Bonchev–Trinajstić information content (AvgIpc) is 2.12. The predicted molar refractivity (Wildman–Crippen MR) is 70.7 cm³/mol. The molecule has 0 aromatic carbocycles. The van der Waals surface area contributed by atoms with Crippen LogP contribution in [0.4, 0.5) is 0 Å². The maximum Gasteiger partial charge on any atom is 0.0791 e. The van der Waals surface area contributed by atoms with E-state index in [1.54, 1.807) is 0 Å². The van der Waals surface area contributed by atoms with Crippen molar-refractivity contribution in [2.45, 2.75) is 40.7 Å². The molecule has 0 aliphatic carbocycles. The summed E-state index contributed by atoms with van der Waals surface area (Å²) in [5.74, 6) is 1.31. The average molecular weight is 230 g/mol. The van der Waals surface area contributed by atoms with E-state index in [-0.39, 0.29) is 6.10 Å². The molecular weight excluding hydrogens is 200 g/mol. The van der Waals surface area contributed by atoms with Gasteiger partial charge < -0.3 is 15.3 Å². The molecule has 0 aromatic rings. The van der Waals surface area contributed by atoms with Crippen LogP contribution < -0.4 is 5.32 Å². The Kier molecular flexibility index (Phi) is 8.90. The number of hydrogen-bond donors (Lipinski definition) is 2. The molecule has 3 nitrogen and oxygen atoms in total. The Bertz CT molecular complexity index is 150. The minimum absolute atomic E-state index is 0.252. The molecule has 3 heteroatoms. The number of hydrogen-bond acceptors (Lipinski definition) is 3. The maximum absolute atomic E-state index is 9.87. The van der Waals surface area contributed by atoms with E-state index in [2.05, 4.69) is 44.8 Å². The summed E-state index contributed by atoms with van der Waals surface area (Å²) in [4.78, 5) is 2.37. The van der Waals surface area contributed by atoms with E-state index in [0.717, 1.165) is 26.2 Å². The molecule has 16 heavy (non-hydrogen) atoms. The summed E-state index contributed by atoms with van der Waals surface area (Å²) in [6, 6.07) is 0. The van der Waals surface area contributed by atoms with Gasteiger partial charge in [-0.05, 0) is 18.4 Å². The summed E-state index contributed by atoms with van der Waals surface area (Å²) in [7, 11) is 0. The molecule has 0 fully saturated rings. The lowest BCUT2D eigenvalue weighted by atomic mass is 10.1. The highest BCUT2D eigenvalue weighted by Gasteiger charge is 2.13. The van der Waals surface area contributed by atoms with Crippen molar-refractivity contribution in [1.82, 2.24) is 10.2 Å². The molecule has 0 heterocycles. The SMILES string of the molecule is CCNCC(O)CN(CC(C)C)CC(C)C. The zero-order chi connectivity index (χ0) is 12.6. The van der Waals surface area contributed by atoms with Crippen molar-refractivity contribution in [3.05, 3.63) is 0 Å². The Hall–Kier alpha value is -0.120. The third-order valence-electron chi connectivity index (χ3n) is 2.35. The molecule has 0 saturated heterocycles. The molecule has 0 aromatic heterocycles. The first-order valence-corrected chi connectivity index (χ1v) is 6.56.